The average molecular weight is 251 g/mol. The Morgan fingerprint density at radius 3 is 2.94 bits per heavy atom. The van der Waals surface area contributed by atoms with Crippen molar-refractivity contribution in [1.82, 2.24) is 5.32 Å². The number of amides is 2. The summed E-state index contributed by atoms with van der Waals surface area (Å²) < 4.78 is 0. The molecule has 4 heteroatoms. The summed E-state index contributed by atoms with van der Waals surface area (Å²) in [6.07, 6.45) is 6.18. The van der Waals surface area contributed by atoms with Crippen molar-refractivity contribution in [2.24, 2.45) is 5.92 Å². The molecule has 90 valence electrons. The summed E-state index contributed by atoms with van der Waals surface area (Å²) in [6, 6.07) is 5.19. The zero-order valence-corrected chi connectivity index (χ0v) is 10.4. The van der Waals surface area contributed by atoms with E-state index in [1.54, 1.807) is 12.3 Å². The highest BCUT2D eigenvalue weighted by atomic mass is 35.5. The third-order valence-corrected chi connectivity index (χ3v) is 3.13. The fraction of sp³-hybridized carbons (Fsp3) is 0.308. The third kappa shape index (κ3) is 3.49. The van der Waals surface area contributed by atoms with Crippen LogP contribution in [0.15, 0.2) is 30.5 Å². The Bertz CT molecular complexity index is 453. The van der Waals surface area contributed by atoms with E-state index in [1.165, 1.54) is 12.8 Å². The van der Waals surface area contributed by atoms with Gasteiger partial charge in [-0.3, -0.25) is 0 Å². The maximum absolute atomic E-state index is 11.6. The van der Waals surface area contributed by atoms with Gasteiger partial charge >= 0.3 is 6.03 Å². The molecule has 17 heavy (non-hydrogen) atoms. The molecule has 0 unspecified atom stereocenters. The van der Waals surface area contributed by atoms with Gasteiger partial charge in [-0.2, -0.15) is 0 Å². The molecule has 0 radical (unpaired) electrons. The second-order valence-electron chi connectivity index (χ2n) is 4.21. The number of nitrogens with one attached hydrogen (secondary N) is 2. The number of anilines is 1. The number of hydrogen-bond acceptors (Lipinski definition) is 1. The smallest absolute Gasteiger partial charge is 0.315 e. The van der Waals surface area contributed by atoms with Gasteiger partial charge in [-0.25, -0.2) is 4.79 Å². The highest BCUT2D eigenvalue weighted by Gasteiger charge is 2.17. The number of hydrogen-bond donors (Lipinski definition) is 2. The van der Waals surface area contributed by atoms with Crippen LogP contribution < -0.4 is 10.6 Å². The molecule has 2 rings (SSSR count). The zero-order valence-electron chi connectivity index (χ0n) is 9.66. The lowest BCUT2D eigenvalue weighted by atomic mass is 10.2. The van der Waals surface area contributed by atoms with Crippen molar-refractivity contribution in [2.75, 3.05) is 5.32 Å². The predicted molar refractivity (Wildman–Crippen MR) is 70.2 cm³/mol. The molecule has 0 heterocycles. The van der Waals surface area contributed by atoms with Gasteiger partial charge in [0.25, 0.3) is 0 Å². The summed E-state index contributed by atoms with van der Waals surface area (Å²) in [7, 11) is 0. The minimum Gasteiger partial charge on any atom is -0.315 e. The summed E-state index contributed by atoms with van der Waals surface area (Å²) in [5, 5.41) is 6.08. The molecule has 1 aliphatic carbocycles. The van der Waals surface area contributed by atoms with E-state index >= 15 is 0 Å². The number of halogens is 1. The van der Waals surface area contributed by atoms with Crippen molar-refractivity contribution in [3.63, 3.8) is 0 Å². The lowest BCUT2D eigenvalue weighted by Crippen LogP contribution is -2.24. The summed E-state index contributed by atoms with van der Waals surface area (Å²) in [4.78, 5) is 11.6. The highest BCUT2D eigenvalue weighted by molar-refractivity contribution is 6.31. The molecule has 2 N–H and O–H groups in total. The molecule has 0 bridgehead atoms. The van der Waals surface area contributed by atoms with Gasteiger partial charge < -0.3 is 10.6 Å². The Hall–Kier alpha value is -1.48. The average Bonchev–Trinajstić information content (AvgIpc) is 3.09. The first-order valence-electron chi connectivity index (χ1n) is 5.66. The van der Waals surface area contributed by atoms with Crippen molar-refractivity contribution in [3.05, 3.63) is 41.1 Å². The van der Waals surface area contributed by atoms with E-state index in [4.69, 9.17) is 11.6 Å². The van der Waals surface area contributed by atoms with Gasteiger partial charge in [0.1, 0.15) is 0 Å². The number of urea groups is 1. The number of allylic oxidation sites excluding steroid dienone is 1. The standard InChI is InChI=1S/C13H15ClN2O/c1-9-11(14)3-2-4-12(9)16-13(17)15-8-7-10-5-6-10/h2-4,7-8,10H,5-6H2,1H3,(H2,15,16,17)/b8-7+. The molecule has 0 aromatic heterocycles. The summed E-state index contributed by atoms with van der Waals surface area (Å²) >= 11 is 5.97. The summed E-state index contributed by atoms with van der Waals surface area (Å²) in [6.45, 7) is 1.87. The quantitative estimate of drug-likeness (QED) is 0.844. The minimum absolute atomic E-state index is 0.243. The SMILES string of the molecule is Cc1c(Cl)cccc1NC(=O)N/C=C/C1CC1. The van der Waals surface area contributed by atoms with Crippen LogP contribution >= 0.6 is 11.6 Å². The van der Waals surface area contributed by atoms with Crippen molar-refractivity contribution < 1.29 is 4.79 Å². The van der Waals surface area contributed by atoms with Crippen molar-refractivity contribution in [3.8, 4) is 0 Å². The molecule has 2 amide bonds. The Balaban J connectivity index is 1.90. The van der Waals surface area contributed by atoms with E-state index in [0.29, 0.717) is 10.9 Å². The van der Waals surface area contributed by atoms with Crippen molar-refractivity contribution in [2.45, 2.75) is 19.8 Å². The van der Waals surface area contributed by atoms with Gasteiger partial charge in [0.2, 0.25) is 0 Å². The van der Waals surface area contributed by atoms with Crippen LogP contribution in [-0.2, 0) is 0 Å². The van der Waals surface area contributed by atoms with E-state index in [9.17, 15) is 4.79 Å². The van der Waals surface area contributed by atoms with Gasteiger partial charge in [0.15, 0.2) is 0 Å². The topological polar surface area (TPSA) is 41.1 Å². The van der Waals surface area contributed by atoms with Crippen LogP contribution in [0.2, 0.25) is 5.02 Å². The van der Waals surface area contributed by atoms with Crippen LogP contribution in [0.1, 0.15) is 18.4 Å². The van der Waals surface area contributed by atoms with Crippen LogP contribution in [-0.4, -0.2) is 6.03 Å². The predicted octanol–water partition coefficient (Wildman–Crippen LogP) is 3.69. The first-order valence-corrected chi connectivity index (χ1v) is 6.04. The molecular formula is C13H15ClN2O. The molecular weight excluding hydrogens is 236 g/mol. The fourth-order valence-electron chi connectivity index (χ4n) is 1.45. The van der Waals surface area contributed by atoms with Crippen LogP contribution in [0.5, 0.6) is 0 Å². The maximum atomic E-state index is 11.6. The number of carbonyl (C=O) groups excluding carboxylic acids is 1. The second-order valence-corrected chi connectivity index (χ2v) is 4.61. The minimum atomic E-state index is -0.243. The Kier molecular flexibility index (Phi) is 3.69. The zero-order chi connectivity index (χ0) is 12.3. The molecule has 0 atom stereocenters. The fourth-order valence-corrected chi connectivity index (χ4v) is 1.62. The molecule has 0 saturated heterocycles. The molecule has 1 fully saturated rings. The molecule has 1 aromatic carbocycles. The Labute approximate surface area is 106 Å². The van der Waals surface area contributed by atoms with E-state index in [1.807, 2.05) is 25.1 Å². The van der Waals surface area contributed by atoms with Gasteiger partial charge in [-0.05, 0) is 43.4 Å². The first kappa shape index (κ1) is 12.0. The Morgan fingerprint density at radius 2 is 2.24 bits per heavy atom. The summed E-state index contributed by atoms with van der Waals surface area (Å²) in [5.41, 5.74) is 1.60. The lowest BCUT2D eigenvalue weighted by Gasteiger charge is -2.08. The maximum Gasteiger partial charge on any atom is 0.323 e. The largest absolute Gasteiger partial charge is 0.323 e. The number of benzene rings is 1. The molecule has 1 saturated carbocycles. The van der Waals surface area contributed by atoms with E-state index in [-0.39, 0.29) is 6.03 Å². The van der Waals surface area contributed by atoms with Gasteiger partial charge in [0, 0.05) is 16.9 Å². The molecule has 3 nitrogen and oxygen atoms in total. The van der Waals surface area contributed by atoms with Crippen molar-refractivity contribution >= 4 is 23.3 Å². The lowest BCUT2D eigenvalue weighted by molar-refractivity contribution is 0.255. The van der Waals surface area contributed by atoms with Crippen LogP contribution in [0.25, 0.3) is 0 Å². The third-order valence-electron chi connectivity index (χ3n) is 2.72. The normalized spacial score (nSPS) is 14.9. The molecule has 0 aliphatic heterocycles. The first-order chi connectivity index (χ1) is 8.16. The van der Waals surface area contributed by atoms with Crippen molar-refractivity contribution in [1.29, 1.82) is 0 Å². The molecule has 1 aliphatic rings. The van der Waals surface area contributed by atoms with Crippen LogP contribution in [0.3, 0.4) is 0 Å². The van der Waals surface area contributed by atoms with E-state index < -0.39 is 0 Å². The number of rotatable bonds is 3. The summed E-state index contributed by atoms with van der Waals surface area (Å²) in [5.74, 6) is 0.656. The van der Waals surface area contributed by atoms with Gasteiger partial charge in [-0.15, -0.1) is 0 Å². The van der Waals surface area contributed by atoms with Crippen LogP contribution in [0.4, 0.5) is 10.5 Å². The van der Waals surface area contributed by atoms with Gasteiger partial charge in [0.05, 0.1) is 0 Å². The molecule has 0 spiro atoms. The van der Waals surface area contributed by atoms with E-state index in [2.05, 4.69) is 10.6 Å². The Morgan fingerprint density at radius 1 is 1.47 bits per heavy atom. The molecule has 1 aromatic rings. The highest BCUT2D eigenvalue weighted by Crippen LogP contribution is 2.29. The number of carbonyl (C=O) groups is 1. The monoisotopic (exact) mass is 250 g/mol. The second kappa shape index (κ2) is 5.23. The van der Waals surface area contributed by atoms with Gasteiger partial charge in [-0.1, -0.05) is 23.7 Å². The van der Waals surface area contributed by atoms with E-state index in [0.717, 1.165) is 11.3 Å². The van der Waals surface area contributed by atoms with Crippen LogP contribution in [0, 0.1) is 12.8 Å².